The number of hydrogen-bond donors (Lipinski definition) is 2. The van der Waals surface area contributed by atoms with Crippen LogP contribution in [0.4, 0.5) is 4.79 Å². The molecular formula is C20H27N3O3S. The second-order valence-corrected chi connectivity index (χ2v) is 8.72. The van der Waals surface area contributed by atoms with E-state index in [1.165, 1.54) is 32.1 Å². The molecule has 3 heterocycles. The number of carbonyl (C=O) groups excluding carboxylic acids is 2. The van der Waals surface area contributed by atoms with Gasteiger partial charge in [-0.2, -0.15) is 0 Å². The van der Waals surface area contributed by atoms with Crippen LogP contribution in [-0.2, 0) is 11.2 Å². The second-order valence-electron chi connectivity index (χ2n) is 7.54. The Balaban J connectivity index is 1.28. The normalized spacial score (nSPS) is 29.1. The zero-order valence-electron chi connectivity index (χ0n) is 15.5. The molecule has 0 bridgehead atoms. The van der Waals surface area contributed by atoms with Crippen LogP contribution in [0.1, 0.15) is 37.7 Å². The number of carbonyl (C=O) groups is 2. The van der Waals surface area contributed by atoms with Gasteiger partial charge in [-0.1, -0.05) is 23.9 Å². The molecule has 1 aromatic rings. The van der Waals surface area contributed by atoms with E-state index in [-0.39, 0.29) is 16.4 Å². The smallest absolute Gasteiger partial charge is 0.286 e. The van der Waals surface area contributed by atoms with Crippen LogP contribution >= 0.6 is 11.8 Å². The molecule has 3 atom stereocenters. The number of nitrogens with one attached hydrogen (secondary N) is 2. The van der Waals surface area contributed by atoms with Gasteiger partial charge < -0.3 is 10.1 Å². The fraction of sp³-hybridized carbons (Fsp3) is 0.600. The number of amides is 2. The van der Waals surface area contributed by atoms with E-state index in [2.05, 4.69) is 15.5 Å². The molecule has 3 fully saturated rings. The molecule has 3 aliphatic heterocycles. The zero-order chi connectivity index (χ0) is 18.6. The summed E-state index contributed by atoms with van der Waals surface area (Å²) in [6.07, 6.45) is 7.34. The third-order valence-corrected chi connectivity index (χ3v) is 6.64. The first kappa shape index (κ1) is 18.8. The Morgan fingerprint density at radius 2 is 1.96 bits per heavy atom. The minimum atomic E-state index is -0.320. The van der Waals surface area contributed by atoms with Gasteiger partial charge >= 0.3 is 0 Å². The van der Waals surface area contributed by atoms with E-state index >= 15 is 0 Å². The summed E-state index contributed by atoms with van der Waals surface area (Å²) in [5, 5.41) is 5.41. The molecule has 7 heteroatoms. The molecule has 6 nitrogen and oxygen atoms in total. The largest absolute Gasteiger partial charge is 0.492 e. The maximum absolute atomic E-state index is 11.7. The van der Waals surface area contributed by atoms with Crippen molar-refractivity contribution in [1.82, 2.24) is 15.5 Å². The molecule has 0 aliphatic carbocycles. The van der Waals surface area contributed by atoms with Gasteiger partial charge in [-0.15, -0.1) is 0 Å². The first-order chi connectivity index (χ1) is 13.2. The van der Waals surface area contributed by atoms with Gasteiger partial charge in [-0.05, 0) is 62.8 Å². The molecule has 146 valence electrons. The SMILES string of the molecule is O=C1NC(=O)C(Cc2ccc(OC[C@@H]3CCCN3C3CCCCN3)cc2)S1. The summed E-state index contributed by atoms with van der Waals surface area (Å²) in [5.41, 5.74) is 1.04. The van der Waals surface area contributed by atoms with Crippen molar-refractivity contribution in [2.45, 2.75) is 56.0 Å². The quantitative estimate of drug-likeness (QED) is 0.779. The lowest BCUT2D eigenvalue weighted by atomic mass is 10.1. The summed E-state index contributed by atoms with van der Waals surface area (Å²) in [7, 11) is 0. The average molecular weight is 390 g/mol. The monoisotopic (exact) mass is 389 g/mol. The predicted molar refractivity (Wildman–Crippen MR) is 106 cm³/mol. The molecule has 0 aromatic heterocycles. The Labute approximate surface area is 164 Å². The second kappa shape index (κ2) is 8.63. The molecule has 4 rings (SSSR count). The molecule has 2 N–H and O–H groups in total. The predicted octanol–water partition coefficient (Wildman–Crippen LogP) is 2.52. The molecule has 3 aliphatic rings. The Bertz CT molecular complexity index is 676. The van der Waals surface area contributed by atoms with E-state index in [9.17, 15) is 9.59 Å². The molecule has 2 amide bonds. The van der Waals surface area contributed by atoms with Gasteiger partial charge in [0.1, 0.15) is 12.4 Å². The van der Waals surface area contributed by atoms with Gasteiger partial charge in [-0.3, -0.25) is 19.8 Å². The van der Waals surface area contributed by atoms with Gasteiger partial charge in [0.25, 0.3) is 5.24 Å². The summed E-state index contributed by atoms with van der Waals surface area (Å²) in [6.45, 7) is 3.00. The molecule has 27 heavy (non-hydrogen) atoms. The standard InChI is InChI=1S/C20H27N3O3S/c24-19-17(27-20(25)22-19)12-14-6-8-16(9-7-14)26-13-15-4-3-11-23(15)18-5-1-2-10-21-18/h6-9,15,17-18,21H,1-5,10-13H2,(H,22,24,25)/t15-,17?,18?/m0/s1. The van der Waals surface area contributed by atoms with Crippen molar-refractivity contribution < 1.29 is 14.3 Å². The van der Waals surface area contributed by atoms with Gasteiger partial charge in [0.15, 0.2) is 0 Å². The Hall–Kier alpha value is -1.57. The number of imide groups is 1. The number of ether oxygens (including phenoxy) is 1. The Morgan fingerprint density at radius 3 is 2.67 bits per heavy atom. The third-order valence-electron chi connectivity index (χ3n) is 5.66. The summed E-state index contributed by atoms with van der Waals surface area (Å²) in [4.78, 5) is 25.5. The van der Waals surface area contributed by atoms with Gasteiger partial charge in [-0.25, -0.2) is 0 Å². The van der Waals surface area contributed by atoms with Gasteiger partial charge in [0.05, 0.1) is 11.4 Å². The van der Waals surface area contributed by atoms with Crippen molar-refractivity contribution in [2.24, 2.45) is 0 Å². The number of thioether (sulfide) groups is 1. The van der Waals surface area contributed by atoms with E-state index in [1.807, 2.05) is 24.3 Å². The van der Waals surface area contributed by atoms with Crippen LogP contribution in [0.5, 0.6) is 5.75 Å². The fourth-order valence-electron chi connectivity index (χ4n) is 4.22. The number of benzene rings is 1. The van der Waals surface area contributed by atoms with Crippen molar-refractivity contribution in [2.75, 3.05) is 19.7 Å². The lowest BCUT2D eigenvalue weighted by Gasteiger charge is -2.36. The van der Waals surface area contributed by atoms with Gasteiger partial charge in [0, 0.05) is 12.6 Å². The fourth-order valence-corrected chi connectivity index (χ4v) is 5.08. The number of piperidine rings is 1. The minimum absolute atomic E-state index is 0.192. The maximum atomic E-state index is 11.7. The van der Waals surface area contributed by atoms with E-state index in [4.69, 9.17) is 4.74 Å². The highest BCUT2D eigenvalue weighted by Gasteiger charge is 2.32. The summed E-state index contributed by atoms with van der Waals surface area (Å²) >= 11 is 1.07. The molecule has 3 saturated heterocycles. The highest BCUT2D eigenvalue weighted by Crippen LogP contribution is 2.26. The Morgan fingerprint density at radius 1 is 1.11 bits per heavy atom. The Kier molecular flexibility index (Phi) is 6.00. The van der Waals surface area contributed by atoms with E-state index in [0.717, 1.165) is 36.2 Å². The van der Waals surface area contributed by atoms with Crippen LogP contribution in [0.2, 0.25) is 0 Å². The first-order valence-corrected chi connectivity index (χ1v) is 10.8. The van der Waals surface area contributed by atoms with Crippen LogP contribution < -0.4 is 15.4 Å². The molecule has 0 radical (unpaired) electrons. The lowest BCUT2D eigenvalue weighted by molar-refractivity contribution is -0.118. The molecule has 0 saturated carbocycles. The number of hydrogen-bond acceptors (Lipinski definition) is 6. The summed E-state index contributed by atoms with van der Waals surface area (Å²) in [5.74, 6) is 0.671. The lowest BCUT2D eigenvalue weighted by Crippen LogP contribution is -2.51. The molecule has 1 aromatic carbocycles. The average Bonchev–Trinajstić information content (AvgIpc) is 3.28. The van der Waals surface area contributed by atoms with Crippen molar-refractivity contribution >= 4 is 22.9 Å². The van der Waals surface area contributed by atoms with Crippen molar-refractivity contribution in [3.63, 3.8) is 0 Å². The molecule has 2 unspecified atom stereocenters. The van der Waals surface area contributed by atoms with E-state index in [1.54, 1.807) is 0 Å². The first-order valence-electron chi connectivity index (χ1n) is 9.91. The molecule has 0 spiro atoms. The number of nitrogens with zero attached hydrogens (tertiary/aromatic N) is 1. The van der Waals surface area contributed by atoms with Crippen LogP contribution in [0, 0.1) is 0 Å². The van der Waals surface area contributed by atoms with Crippen LogP contribution in [0.25, 0.3) is 0 Å². The van der Waals surface area contributed by atoms with Crippen LogP contribution in [0.3, 0.4) is 0 Å². The zero-order valence-corrected chi connectivity index (χ0v) is 16.3. The number of likely N-dealkylation sites (tertiary alicyclic amines) is 1. The third kappa shape index (κ3) is 4.65. The highest BCUT2D eigenvalue weighted by molar-refractivity contribution is 8.15. The highest BCUT2D eigenvalue weighted by atomic mass is 32.2. The summed E-state index contributed by atoms with van der Waals surface area (Å²) < 4.78 is 6.07. The summed E-state index contributed by atoms with van der Waals surface area (Å²) in [6, 6.07) is 8.38. The van der Waals surface area contributed by atoms with Crippen molar-refractivity contribution in [3.05, 3.63) is 29.8 Å². The van der Waals surface area contributed by atoms with Crippen molar-refractivity contribution in [3.8, 4) is 5.75 Å². The molecular weight excluding hydrogens is 362 g/mol. The minimum Gasteiger partial charge on any atom is -0.492 e. The van der Waals surface area contributed by atoms with Gasteiger partial charge in [0.2, 0.25) is 5.91 Å². The van der Waals surface area contributed by atoms with Crippen molar-refractivity contribution in [1.29, 1.82) is 0 Å². The van der Waals surface area contributed by atoms with E-state index in [0.29, 0.717) is 25.2 Å². The van der Waals surface area contributed by atoms with E-state index < -0.39 is 0 Å². The topological polar surface area (TPSA) is 70.7 Å². The number of rotatable bonds is 6. The maximum Gasteiger partial charge on any atom is 0.286 e. The van der Waals surface area contributed by atoms with Crippen LogP contribution in [-0.4, -0.2) is 53.2 Å². The van der Waals surface area contributed by atoms with Crippen LogP contribution in [0.15, 0.2) is 24.3 Å².